The van der Waals surface area contributed by atoms with Gasteiger partial charge in [0.2, 0.25) is 5.91 Å². The van der Waals surface area contributed by atoms with Crippen molar-refractivity contribution < 1.29 is 9.18 Å². The fraction of sp³-hybridized carbons (Fsp3) is 0.250. The van der Waals surface area contributed by atoms with E-state index in [1.54, 1.807) is 29.8 Å². The number of hydrogen-bond donors (Lipinski definition) is 1. The third-order valence-corrected chi connectivity index (χ3v) is 3.41. The second-order valence-corrected chi connectivity index (χ2v) is 4.99. The SMILES string of the molecule is Cc1ccc(NC(=O)/C=C/c2c(C)nn(C)c2C)cc1F. The minimum atomic E-state index is -0.337. The van der Waals surface area contributed by atoms with E-state index >= 15 is 0 Å². The topological polar surface area (TPSA) is 46.9 Å². The first kappa shape index (κ1) is 15.0. The van der Waals surface area contributed by atoms with Crippen molar-refractivity contribution in [1.29, 1.82) is 0 Å². The van der Waals surface area contributed by atoms with E-state index in [1.165, 1.54) is 12.1 Å². The lowest BCUT2D eigenvalue weighted by Crippen LogP contribution is -2.08. The summed E-state index contributed by atoms with van der Waals surface area (Å²) < 4.78 is 15.2. The standard InChI is InChI=1S/C16H18FN3O/c1-10-5-6-13(9-15(10)17)18-16(21)8-7-14-11(2)19-20(4)12(14)3/h5-9H,1-4H3,(H,18,21)/b8-7+. The number of nitrogens with one attached hydrogen (secondary N) is 1. The molecule has 5 heteroatoms. The van der Waals surface area contributed by atoms with E-state index in [9.17, 15) is 9.18 Å². The Labute approximate surface area is 123 Å². The molecule has 4 nitrogen and oxygen atoms in total. The highest BCUT2D eigenvalue weighted by Gasteiger charge is 2.07. The molecule has 1 N–H and O–H groups in total. The van der Waals surface area contributed by atoms with Crippen molar-refractivity contribution in [3.05, 3.63) is 52.6 Å². The lowest BCUT2D eigenvalue weighted by Gasteiger charge is -2.03. The second kappa shape index (κ2) is 5.91. The predicted molar refractivity (Wildman–Crippen MR) is 81.5 cm³/mol. The minimum Gasteiger partial charge on any atom is -0.322 e. The molecule has 0 bridgehead atoms. The number of carbonyl (C=O) groups excluding carboxylic acids is 1. The van der Waals surface area contributed by atoms with Gasteiger partial charge >= 0.3 is 0 Å². The maximum atomic E-state index is 13.4. The van der Waals surface area contributed by atoms with E-state index in [4.69, 9.17) is 0 Å². The van der Waals surface area contributed by atoms with Gasteiger partial charge in [0.1, 0.15) is 5.82 Å². The highest BCUT2D eigenvalue weighted by atomic mass is 19.1. The van der Waals surface area contributed by atoms with Crippen LogP contribution in [0.25, 0.3) is 6.08 Å². The number of anilines is 1. The fourth-order valence-corrected chi connectivity index (χ4v) is 2.04. The van der Waals surface area contributed by atoms with Gasteiger partial charge in [0.25, 0.3) is 0 Å². The molecule has 0 saturated carbocycles. The summed E-state index contributed by atoms with van der Waals surface area (Å²) in [7, 11) is 1.86. The Kier molecular flexibility index (Phi) is 4.21. The molecule has 0 aliphatic carbocycles. The van der Waals surface area contributed by atoms with Crippen molar-refractivity contribution in [3.63, 3.8) is 0 Å². The number of rotatable bonds is 3. The van der Waals surface area contributed by atoms with Crippen molar-refractivity contribution in [2.45, 2.75) is 20.8 Å². The Balaban J connectivity index is 2.11. The zero-order chi connectivity index (χ0) is 15.6. The first-order valence-electron chi connectivity index (χ1n) is 6.64. The van der Waals surface area contributed by atoms with Crippen molar-refractivity contribution in [2.24, 2.45) is 7.05 Å². The molecule has 110 valence electrons. The van der Waals surface area contributed by atoms with Crippen LogP contribution in [0.15, 0.2) is 24.3 Å². The average molecular weight is 287 g/mol. The van der Waals surface area contributed by atoms with E-state index in [0.717, 1.165) is 17.0 Å². The number of hydrogen-bond acceptors (Lipinski definition) is 2. The first-order valence-corrected chi connectivity index (χ1v) is 6.64. The van der Waals surface area contributed by atoms with Gasteiger partial charge in [-0.15, -0.1) is 0 Å². The average Bonchev–Trinajstić information content (AvgIpc) is 2.66. The number of nitrogens with zero attached hydrogens (tertiary/aromatic N) is 2. The van der Waals surface area contributed by atoms with Crippen molar-refractivity contribution in [3.8, 4) is 0 Å². The van der Waals surface area contributed by atoms with E-state index < -0.39 is 0 Å². The summed E-state index contributed by atoms with van der Waals surface area (Å²) in [6.45, 7) is 5.50. The molecule has 1 aromatic heterocycles. The van der Waals surface area contributed by atoms with Crippen LogP contribution in [0.1, 0.15) is 22.5 Å². The van der Waals surface area contributed by atoms with Crippen molar-refractivity contribution in [2.75, 3.05) is 5.32 Å². The van der Waals surface area contributed by atoms with E-state index in [-0.39, 0.29) is 11.7 Å². The summed E-state index contributed by atoms with van der Waals surface area (Å²) >= 11 is 0. The number of halogens is 1. The molecule has 0 spiro atoms. The molecular weight excluding hydrogens is 269 g/mol. The van der Waals surface area contributed by atoms with Crippen LogP contribution >= 0.6 is 0 Å². The Morgan fingerprint density at radius 3 is 2.62 bits per heavy atom. The van der Waals surface area contributed by atoms with Crippen LogP contribution in [0.4, 0.5) is 10.1 Å². The summed E-state index contributed by atoms with van der Waals surface area (Å²) in [6, 6.07) is 4.61. The molecular formula is C16H18FN3O. The zero-order valence-corrected chi connectivity index (χ0v) is 12.6. The number of aromatic nitrogens is 2. The molecule has 21 heavy (non-hydrogen) atoms. The smallest absolute Gasteiger partial charge is 0.248 e. The highest BCUT2D eigenvalue weighted by Crippen LogP contribution is 2.15. The molecule has 0 unspecified atom stereocenters. The van der Waals surface area contributed by atoms with Gasteiger partial charge < -0.3 is 5.32 Å². The van der Waals surface area contributed by atoms with Gasteiger partial charge in [-0.05, 0) is 44.5 Å². The van der Waals surface area contributed by atoms with Gasteiger partial charge in [-0.1, -0.05) is 6.07 Å². The Hall–Kier alpha value is -2.43. The lowest BCUT2D eigenvalue weighted by molar-refractivity contribution is -0.111. The van der Waals surface area contributed by atoms with Gasteiger partial charge in [0.15, 0.2) is 0 Å². The maximum absolute atomic E-state index is 13.4. The van der Waals surface area contributed by atoms with Crippen LogP contribution in [-0.2, 0) is 11.8 Å². The molecule has 0 fully saturated rings. The van der Waals surface area contributed by atoms with Crippen LogP contribution < -0.4 is 5.32 Å². The zero-order valence-electron chi connectivity index (χ0n) is 12.6. The normalized spacial score (nSPS) is 11.1. The number of aryl methyl sites for hydroxylation is 3. The van der Waals surface area contributed by atoms with E-state index in [1.807, 2.05) is 20.9 Å². The quantitative estimate of drug-likeness (QED) is 0.882. The summed E-state index contributed by atoms with van der Waals surface area (Å²) in [5.41, 5.74) is 3.75. The Bertz CT molecular complexity index is 717. The number of carbonyl (C=O) groups is 1. The van der Waals surface area contributed by atoms with Gasteiger partial charge in [0.05, 0.1) is 5.69 Å². The minimum absolute atomic E-state index is 0.305. The molecule has 2 rings (SSSR count). The van der Waals surface area contributed by atoms with Crippen molar-refractivity contribution >= 4 is 17.7 Å². The van der Waals surface area contributed by atoms with Gasteiger partial charge in [-0.2, -0.15) is 5.10 Å². The van der Waals surface area contributed by atoms with Crippen LogP contribution in [-0.4, -0.2) is 15.7 Å². The summed E-state index contributed by atoms with van der Waals surface area (Å²) in [6.07, 6.45) is 3.15. The molecule has 0 saturated heterocycles. The summed E-state index contributed by atoms with van der Waals surface area (Å²) in [4.78, 5) is 11.9. The van der Waals surface area contributed by atoms with Crippen LogP contribution in [0, 0.1) is 26.6 Å². The largest absolute Gasteiger partial charge is 0.322 e. The fourth-order valence-electron chi connectivity index (χ4n) is 2.04. The Morgan fingerprint density at radius 2 is 2.05 bits per heavy atom. The monoisotopic (exact) mass is 287 g/mol. The molecule has 1 aromatic carbocycles. The number of benzene rings is 1. The van der Waals surface area contributed by atoms with Crippen molar-refractivity contribution in [1.82, 2.24) is 9.78 Å². The van der Waals surface area contributed by atoms with Gasteiger partial charge in [0, 0.05) is 30.1 Å². The molecule has 0 atom stereocenters. The van der Waals surface area contributed by atoms with Crippen LogP contribution in [0.5, 0.6) is 0 Å². The van der Waals surface area contributed by atoms with Crippen LogP contribution in [0.2, 0.25) is 0 Å². The summed E-state index contributed by atoms with van der Waals surface area (Å²) in [5.74, 6) is -0.642. The predicted octanol–water partition coefficient (Wildman–Crippen LogP) is 3.14. The molecule has 0 radical (unpaired) electrons. The van der Waals surface area contributed by atoms with Crippen LogP contribution in [0.3, 0.4) is 0 Å². The second-order valence-electron chi connectivity index (χ2n) is 4.99. The molecule has 0 aliphatic heterocycles. The molecule has 2 aromatic rings. The van der Waals surface area contributed by atoms with Gasteiger partial charge in [-0.3, -0.25) is 9.48 Å². The molecule has 0 aliphatic rings. The lowest BCUT2D eigenvalue weighted by atomic mass is 10.2. The highest BCUT2D eigenvalue weighted by molar-refractivity contribution is 6.02. The van der Waals surface area contributed by atoms with Gasteiger partial charge in [-0.25, -0.2) is 4.39 Å². The number of amides is 1. The first-order chi connectivity index (χ1) is 9.88. The molecule has 1 heterocycles. The third-order valence-electron chi connectivity index (χ3n) is 3.41. The summed E-state index contributed by atoms with van der Waals surface area (Å²) in [5, 5.41) is 6.91. The van der Waals surface area contributed by atoms with E-state index in [2.05, 4.69) is 10.4 Å². The van der Waals surface area contributed by atoms with E-state index in [0.29, 0.717) is 11.3 Å². The third kappa shape index (κ3) is 3.37. The molecule has 1 amide bonds. The Morgan fingerprint density at radius 1 is 1.33 bits per heavy atom. The maximum Gasteiger partial charge on any atom is 0.248 e.